The van der Waals surface area contributed by atoms with Gasteiger partial charge in [0.2, 0.25) is 6.61 Å². The number of nitrogens with one attached hydrogen (secondary N) is 1. The molecule has 5 N–H and O–H groups in total. The number of anilines is 1. The number of carboxylic acids is 1. The van der Waals surface area contributed by atoms with Gasteiger partial charge >= 0.3 is 16.3 Å². The molecule has 31 heavy (non-hydrogen) atoms. The van der Waals surface area contributed by atoms with Crippen LogP contribution in [-0.4, -0.2) is 84.3 Å². The summed E-state index contributed by atoms with van der Waals surface area (Å²) in [6.45, 7) is -1.08. The summed E-state index contributed by atoms with van der Waals surface area (Å²) in [5.74, 6) is -3.48. The highest BCUT2D eigenvalue weighted by Crippen LogP contribution is 2.25. The van der Waals surface area contributed by atoms with Crippen LogP contribution in [0.5, 0.6) is 0 Å². The lowest BCUT2D eigenvalue weighted by Gasteiger charge is -2.43. The smallest absolute Gasteiger partial charge is 0.362 e. The van der Waals surface area contributed by atoms with Crippen LogP contribution >= 0.6 is 11.3 Å². The molecule has 1 saturated heterocycles. The summed E-state index contributed by atoms with van der Waals surface area (Å²) in [6, 6.07) is -2.62. The standard InChI is InChI=1S/C13H14N8O8S2/c14-13-17-6(3-30-13)9(19-29-2-8(22)23)11(24)18-10-7(1-20-5-15-4-16-20)21(12(10)25)31(26,27)28/h3-5,7,10H,1-2H2,(H2,14,17)(H,18,24)(H,22,23)(H,26,27,28)/t7-,10+/m1/s1. The van der Waals surface area contributed by atoms with Gasteiger partial charge in [-0.3, -0.25) is 18.8 Å². The Balaban J connectivity index is 1.83. The Morgan fingerprint density at radius 1 is 1.42 bits per heavy atom. The Morgan fingerprint density at radius 3 is 2.71 bits per heavy atom. The number of nitrogens with zero attached hydrogens (tertiary/aromatic N) is 6. The molecule has 0 spiro atoms. The summed E-state index contributed by atoms with van der Waals surface area (Å²) in [5, 5.41) is 19.6. The SMILES string of the molecule is Nc1nc(C(=NOCC(=O)O)C(=O)N[C@@H]2C(=O)N(S(=O)(=O)O)[C@@H]2Cn2cncn2)cs1. The van der Waals surface area contributed by atoms with Crippen LogP contribution in [0.25, 0.3) is 0 Å². The first-order valence-corrected chi connectivity index (χ1v) is 10.4. The Labute approximate surface area is 177 Å². The number of rotatable bonds is 9. The van der Waals surface area contributed by atoms with E-state index in [4.69, 9.17) is 10.8 Å². The molecule has 1 aliphatic rings. The van der Waals surface area contributed by atoms with Gasteiger partial charge in [0.15, 0.2) is 10.8 Å². The number of aliphatic carboxylic acids is 1. The van der Waals surface area contributed by atoms with Gasteiger partial charge in [0.25, 0.3) is 11.8 Å². The van der Waals surface area contributed by atoms with Gasteiger partial charge in [0.05, 0.1) is 12.6 Å². The van der Waals surface area contributed by atoms with Gasteiger partial charge in [-0.2, -0.15) is 13.5 Å². The minimum absolute atomic E-state index is 0.0587. The molecule has 0 saturated carbocycles. The molecule has 2 aromatic rings. The van der Waals surface area contributed by atoms with Crippen molar-refractivity contribution >= 4 is 50.3 Å². The molecule has 0 aliphatic carbocycles. The topological polar surface area (TPSA) is 232 Å². The Kier molecular flexibility index (Phi) is 6.13. The molecule has 16 nitrogen and oxygen atoms in total. The molecule has 18 heteroatoms. The van der Waals surface area contributed by atoms with Crippen molar-refractivity contribution in [2.45, 2.75) is 18.6 Å². The number of hydrogen-bond acceptors (Lipinski definition) is 12. The molecule has 2 atom stereocenters. The Bertz CT molecular complexity index is 1130. The summed E-state index contributed by atoms with van der Waals surface area (Å²) in [4.78, 5) is 47.8. The van der Waals surface area contributed by atoms with Crippen molar-refractivity contribution in [3.8, 4) is 0 Å². The van der Waals surface area contributed by atoms with Crippen LogP contribution in [0.2, 0.25) is 0 Å². The first-order valence-electron chi connectivity index (χ1n) is 8.15. The zero-order valence-corrected chi connectivity index (χ0v) is 16.9. The van der Waals surface area contributed by atoms with E-state index in [1.54, 1.807) is 0 Å². The highest BCUT2D eigenvalue weighted by molar-refractivity contribution is 7.84. The zero-order valence-electron chi connectivity index (χ0n) is 15.2. The maximum Gasteiger partial charge on any atom is 0.362 e. The van der Waals surface area contributed by atoms with Gasteiger partial charge in [-0.15, -0.1) is 11.3 Å². The van der Waals surface area contributed by atoms with Crippen molar-refractivity contribution in [2.24, 2.45) is 5.16 Å². The van der Waals surface area contributed by atoms with E-state index in [9.17, 15) is 27.4 Å². The zero-order chi connectivity index (χ0) is 22.8. The lowest BCUT2D eigenvalue weighted by Crippen LogP contribution is -2.73. The average molecular weight is 474 g/mol. The number of oxime groups is 1. The quantitative estimate of drug-likeness (QED) is 0.126. The fourth-order valence-corrected chi connectivity index (χ4v) is 4.04. The summed E-state index contributed by atoms with van der Waals surface area (Å²) in [5.41, 5.74) is 4.98. The fourth-order valence-electron chi connectivity index (χ4n) is 2.62. The number of aromatic nitrogens is 4. The second-order valence-corrected chi connectivity index (χ2v) is 8.10. The molecule has 1 aliphatic heterocycles. The third-order valence-electron chi connectivity index (χ3n) is 3.87. The summed E-state index contributed by atoms with van der Waals surface area (Å²) in [7, 11) is -4.91. The monoisotopic (exact) mass is 474 g/mol. The molecule has 1 fully saturated rings. The second-order valence-electron chi connectivity index (χ2n) is 5.93. The van der Waals surface area contributed by atoms with Crippen molar-refractivity contribution in [1.29, 1.82) is 0 Å². The van der Waals surface area contributed by atoms with E-state index in [0.29, 0.717) is 0 Å². The van der Waals surface area contributed by atoms with Gasteiger partial charge in [-0.05, 0) is 0 Å². The summed E-state index contributed by atoms with van der Waals surface area (Å²) in [6.07, 6.45) is 2.41. The fraction of sp³-hybridized carbons (Fsp3) is 0.308. The molecule has 0 aromatic carbocycles. The van der Waals surface area contributed by atoms with Gasteiger partial charge in [0, 0.05) is 5.38 Å². The van der Waals surface area contributed by atoms with Crippen LogP contribution in [0.15, 0.2) is 23.2 Å². The van der Waals surface area contributed by atoms with Gasteiger partial charge in [-0.25, -0.2) is 19.1 Å². The van der Waals surface area contributed by atoms with E-state index in [1.807, 2.05) is 0 Å². The summed E-state index contributed by atoms with van der Waals surface area (Å²) < 4.78 is 33.8. The maximum atomic E-state index is 12.7. The van der Waals surface area contributed by atoms with Gasteiger partial charge in [0.1, 0.15) is 24.4 Å². The van der Waals surface area contributed by atoms with Crippen LogP contribution < -0.4 is 11.1 Å². The number of carbonyl (C=O) groups excluding carboxylic acids is 2. The van der Waals surface area contributed by atoms with Crippen LogP contribution in [0.3, 0.4) is 0 Å². The van der Waals surface area contributed by atoms with Crippen molar-refractivity contribution in [1.82, 2.24) is 29.4 Å². The highest BCUT2D eigenvalue weighted by Gasteiger charge is 2.54. The third-order valence-corrected chi connectivity index (χ3v) is 5.49. The largest absolute Gasteiger partial charge is 0.479 e. The van der Waals surface area contributed by atoms with Gasteiger partial charge in [-0.1, -0.05) is 5.16 Å². The predicted molar refractivity (Wildman–Crippen MR) is 101 cm³/mol. The minimum Gasteiger partial charge on any atom is -0.479 e. The van der Waals surface area contributed by atoms with Crippen LogP contribution in [0.4, 0.5) is 5.13 Å². The van der Waals surface area contributed by atoms with E-state index in [-0.39, 0.29) is 21.7 Å². The minimum atomic E-state index is -4.91. The number of β-lactam (4-membered cyclic amide) rings is 1. The second kappa shape index (κ2) is 8.62. The number of nitrogens with two attached hydrogens (primary N) is 1. The van der Waals surface area contributed by atoms with E-state index >= 15 is 0 Å². The lowest BCUT2D eigenvalue weighted by atomic mass is 9.98. The van der Waals surface area contributed by atoms with E-state index < -0.39 is 52.5 Å². The van der Waals surface area contributed by atoms with Crippen molar-refractivity contribution in [3.63, 3.8) is 0 Å². The number of thiazole rings is 1. The first kappa shape index (κ1) is 22.1. The molecule has 2 aromatic heterocycles. The van der Waals surface area contributed by atoms with E-state index in [1.165, 1.54) is 22.7 Å². The molecule has 166 valence electrons. The number of amides is 2. The molecule has 2 amide bonds. The molecule has 3 heterocycles. The highest BCUT2D eigenvalue weighted by atomic mass is 32.2. The Morgan fingerprint density at radius 2 is 2.16 bits per heavy atom. The van der Waals surface area contributed by atoms with Crippen molar-refractivity contribution < 1.29 is 37.3 Å². The van der Waals surface area contributed by atoms with Crippen molar-refractivity contribution in [2.75, 3.05) is 12.3 Å². The van der Waals surface area contributed by atoms with Gasteiger partial charge < -0.3 is 21.0 Å². The van der Waals surface area contributed by atoms with E-state index in [0.717, 1.165) is 11.3 Å². The first-order chi connectivity index (χ1) is 14.6. The number of carbonyl (C=O) groups is 3. The van der Waals surface area contributed by atoms with Crippen LogP contribution in [-0.2, 0) is 36.1 Å². The molecule has 0 radical (unpaired) electrons. The van der Waals surface area contributed by atoms with Crippen LogP contribution in [0, 0.1) is 0 Å². The molecular formula is C13H14N8O8S2. The summed E-state index contributed by atoms with van der Waals surface area (Å²) >= 11 is 0.964. The number of nitrogen functional groups attached to an aromatic ring is 1. The molecule has 3 rings (SSSR count). The number of hydrogen-bond donors (Lipinski definition) is 4. The van der Waals surface area contributed by atoms with E-state index in [2.05, 4.69) is 30.4 Å². The Hall–Kier alpha value is -3.64. The molecular weight excluding hydrogens is 460 g/mol. The third kappa shape index (κ3) is 4.92. The lowest BCUT2D eigenvalue weighted by molar-refractivity contribution is -0.145. The normalized spacial score (nSPS) is 19.1. The maximum absolute atomic E-state index is 12.7. The van der Waals surface area contributed by atoms with Crippen LogP contribution in [0.1, 0.15) is 5.69 Å². The number of carboxylic acid groups (broad SMARTS) is 1. The predicted octanol–water partition coefficient (Wildman–Crippen LogP) is -2.68. The molecule has 0 unspecified atom stereocenters. The molecule has 0 bridgehead atoms. The van der Waals surface area contributed by atoms with Crippen molar-refractivity contribution in [3.05, 3.63) is 23.7 Å². The average Bonchev–Trinajstić information content (AvgIpc) is 3.33.